The van der Waals surface area contributed by atoms with Crippen molar-refractivity contribution < 1.29 is 0 Å². The molecule has 0 spiro atoms. The molecule has 0 bridgehead atoms. The Kier molecular flexibility index (Phi) is 3.47. The summed E-state index contributed by atoms with van der Waals surface area (Å²) in [5.74, 6) is 0. The molecule has 0 atom stereocenters. The molecule has 0 unspecified atom stereocenters. The third kappa shape index (κ3) is 2.50. The molecule has 1 radical (unpaired) electrons. The summed E-state index contributed by atoms with van der Waals surface area (Å²) in [4.78, 5) is 2.39. The van der Waals surface area contributed by atoms with Crippen LogP contribution in [-0.2, 0) is 0 Å². The lowest BCUT2D eigenvalue weighted by Crippen LogP contribution is -2.26. The van der Waals surface area contributed by atoms with Crippen LogP contribution in [0.4, 0.5) is 0 Å². The molecule has 0 amide bonds. The van der Waals surface area contributed by atoms with Crippen molar-refractivity contribution in [3.63, 3.8) is 0 Å². The summed E-state index contributed by atoms with van der Waals surface area (Å²) in [5, 5.41) is 4.33. The molecule has 10 heavy (non-hydrogen) atoms. The quantitative estimate of drug-likeness (QED) is 0.509. The molecule has 1 rings (SSSR count). The zero-order valence-corrected chi connectivity index (χ0v) is 6.42. The average Bonchev–Trinajstić information content (AvgIpc) is 2.17. The zero-order valence-electron chi connectivity index (χ0n) is 6.42. The first kappa shape index (κ1) is 7.76. The van der Waals surface area contributed by atoms with Gasteiger partial charge in [0.1, 0.15) is 0 Å². The second-order valence-corrected chi connectivity index (χ2v) is 2.61. The van der Waals surface area contributed by atoms with Crippen LogP contribution in [0.25, 0.3) is 0 Å². The van der Waals surface area contributed by atoms with Gasteiger partial charge in [0.15, 0.2) is 0 Å². The highest BCUT2D eigenvalue weighted by Gasteiger charge is 2.05. The van der Waals surface area contributed by atoms with E-state index in [1.54, 1.807) is 0 Å². The van der Waals surface area contributed by atoms with E-state index in [4.69, 9.17) is 0 Å². The highest BCUT2D eigenvalue weighted by Crippen LogP contribution is 1.94. The second-order valence-electron chi connectivity index (χ2n) is 2.61. The maximum absolute atomic E-state index is 4.33. The largest absolute Gasteiger partial charge is 0.298 e. The van der Waals surface area contributed by atoms with Crippen LogP contribution in [0.15, 0.2) is 12.7 Å². The Morgan fingerprint density at radius 3 is 3.10 bits per heavy atom. The van der Waals surface area contributed by atoms with Gasteiger partial charge in [0.05, 0.1) is 0 Å². The molecule has 0 N–H and O–H groups in total. The summed E-state index contributed by atoms with van der Waals surface area (Å²) in [6, 6.07) is 0. The van der Waals surface area contributed by atoms with Crippen molar-refractivity contribution >= 4 is 0 Å². The summed E-state index contributed by atoms with van der Waals surface area (Å²) >= 11 is 0. The third-order valence-corrected chi connectivity index (χ3v) is 1.75. The van der Waals surface area contributed by atoms with Crippen molar-refractivity contribution in [3.8, 4) is 0 Å². The summed E-state index contributed by atoms with van der Waals surface area (Å²) in [5.41, 5.74) is 0. The van der Waals surface area contributed by atoms with Gasteiger partial charge in [0.2, 0.25) is 0 Å². The lowest BCUT2D eigenvalue weighted by molar-refractivity contribution is 0.324. The first-order chi connectivity index (χ1) is 4.93. The summed E-state index contributed by atoms with van der Waals surface area (Å²) < 4.78 is 0. The minimum absolute atomic E-state index is 1.01. The van der Waals surface area contributed by atoms with Gasteiger partial charge in [-0.3, -0.25) is 4.90 Å². The summed E-state index contributed by atoms with van der Waals surface area (Å²) in [6.45, 7) is 9.10. The van der Waals surface area contributed by atoms with E-state index >= 15 is 0 Å². The lowest BCUT2D eigenvalue weighted by atomic mass is 10.4. The van der Waals surface area contributed by atoms with Crippen molar-refractivity contribution in [2.75, 3.05) is 32.7 Å². The van der Waals surface area contributed by atoms with Gasteiger partial charge in [0, 0.05) is 26.2 Å². The van der Waals surface area contributed by atoms with Gasteiger partial charge in [-0.2, -0.15) is 0 Å². The van der Waals surface area contributed by atoms with Gasteiger partial charge in [0.25, 0.3) is 0 Å². The van der Waals surface area contributed by atoms with E-state index in [9.17, 15) is 0 Å². The molecule has 57 valence electrons. The van der Waals surface area contributed by atoms with E-state index in [0.29, 0.717) is 0 Å². The normalized spacial score (nSPS) is 22.0. The molecule has 2 nitrogen and oxygen atoms in total. The van der Waals surface area contributed by atoms with Gasteiger partial charge in [-0.05, 0) is 13.0 Å². The lowest BCUT2D eigenvalue weighted by Gasteiger charge is -2.15. The van der Waals surface area contributed by atoms with E-state index in [1.165, 1.54) is 13.0 Å². The smallest absolute Gasteiger partial charge is 0.0261 e. The maximum atomic E-state index is 4.33. The molecule has 0 saturated carbocycles. The van der Waals surface area contributed by atoms with Crippen LogP contribution in [0.1, 0.15) is 6.42 Å². The Labute approximate surface area is 62.9 Å². The van der Waals surface area contributed by atoms with Crippen LogP contribution >= 0.6 is 0 Å². The van der Waals surface area contributed by atoms with E-state index in [2.05, 4.69) is 16.8 Å². The van der Waals surface area contributed by atoms with Crippen molar-refractivity contribution in [3.05, 3.63) is 12.7 Å². The van der Waals surface area contributed by atoms with Crippen LogP contribution in [0, 0.1) is 0 Å². The van der Waals surface area contributed by atoms with E-state index in [1.807, 2.05) is 6.08 Å². The van der Waals surface area contributed by atoms with Crippen LogP contribution in [0.5, 0.6) is 0 Å². The molecule has 1 fully saturated rings. The minimum atomic E-state index is 1.01. The Bertz CT molecular complexity index is 93.4. The molecule has 0 aromatic carbocycles. The Hall–Kier alpha value is -0.340. The van der Waals surface area contributed by atoms with Crippen LogP contribution < -0.4 is 5.32 Å². The first-order valence-corrected chi connectivity index (χ1v) is 3.90. The third-order valence-electron chi connectivity index (χ3n) is 1.75. The molecule has 0 aliphatic carbocycles. The fourth-order valence-corrected chi connectivity index (χ4v) is 1.21. The molecule has 0 aromatic rings. The molecular formula is C8H15N2. The van der Waals surface area contributed by atoms with Crippen LogP contribution in [0.2, 0.25) is 0 Å². The molecule has 1 saturated heterocycles. The molecular weight excluding hydrogens is 124 g/mol. The molecule has 0 aromatic heterocycles. The van der Waals surface area contributed by atoms with Crippen molar-refractivity contribution in [2.45, 2.75) is 6.42 Å². The monoisotopic (exact) mass is 139 g/mol. The Balaban J connectivity index is 2.21. The first-order valence-electron chi connectivity index (χ1n) is 3.90. The maximum Gasteiger partial charge on any atom is 0.0261 e. The van der Waals surface area contributed by atoms with Crippen LogP contribution in [-0.4, -0.2) is 37.6 Å². The highest BCUT2D eigenvalue weighted by atomic mass is 15.1. The van der Waals surface area contributed by atoms with E-state index < -0.39 is 0 Å². The van der Waals surface area contributed by atoms with Crippen molar-refractivity contribution in [1.29, 1.82) is 0 Å². The molecule has 2 heteroatoms. The number of hydrogen-bond donors (Lipinski definition) is 0. The van der Waals surface area contributed by atoms with Gasteiger partial charge in [-0.25, -0.2) is 5.32 Å². The predicted molar refractivity (Wildman–Crippen MR) is 43.1 cm³/mol. The zero-order chi connectivity index (χ0) is 7.23. The predicted octanol–water partition coefficient (Wildman–Crippen LogP) is 0.482. The van der Waals surface area contributed by atoms with Gasteiger partial charge in [-0.15, -0.1) is 6.58 Å². The second kappa shape index (κ2) is 4.47. The number of nitrogens with zero attached hydrogens (tertiary/aromatic N) is 2. The van der Waals surface area contributed by atoms with E-state index in [-0.39, 0.29) is 0 Å². The fourth-order valence-electron chi connectivity index (χ4n) is 1.21. The fraction of sp³-hybridized carbons (Fsp3) is 0.750. The molecule has 1 aliphatic heterocycles. The standard InChI is InChI=1S/C8H15N2/c1-2-6-10-7-3-4-9-5-8-10/h2H,1,3-8H2. The minimum Gasteiger partial charge on any atom is -0.298 e. The van der Waals surface area contributed by atoms with Crippen LogP contribution in [0.3, 0.4) is 0 Å². The SMILES string of the molecule is C=CCN1CCC[N]CC1. The molecule has 1 heterocycles. The average molecular weight is 139 g/mol. The highest BCUT2D eigenvalue weighted by molar-refractivity contribution is 4.75. The van der Waals surface area contributed by atoms with Gasteiger partial charge < -0.3 is 0 Å². The topological polar surface area (TPSA) is 17.3 Å². The summed E-state index contributed by atoms with van der Waals surface area (Å²) in [7, 11) is 0. The number of rotatable bonds is 2. The van der Waals surface area contributed by atoms with E-state index in [0.717, 1.165) is 26.2 Å². The molecule has 1 aliphatic rings. The van der Waals surface area contributed by atoms with Gasteiger partial charge >= 0.3 is 0 Å². The van der Waals surface area contributed by atoms with Crippen molar-refractivity contribution in [2.24, 2.45) is 0 Å². The Morgan fingerprint density at radius 1 is 1.40 bits per heavy atom. The number of hydrogen-bond acceptors (Lipinski definition) is 1. The Morgan fingerprint density at radius 2 is 2.30 bits per heavy atom. The van der Waals surface area contributed by atoms with Crippen molar-refractivity contribution in [1.82, 2.24) is 10.2 Å². The van der Waals surface area contributed by atoms with Gasteiger partial charge in [-0.1, -0.05) is 6.08 Å². The summed E-state index contributed by atoms with van der Waals surface area (Å²) in [6.07, 6.45) is 3.18.